The maximum Gasteiger partial charge on any atom is 0.219 e. The number of hydrogen-bond donors (Lipinski definition) is 1. The summed E-state index contributed by atoms with van der Waals surface area (Å²) in [7, 11) is 0. The zero-order valence-corrected chi connectivity index (χ0v) is 6.37. The summed E-state index contributed by atoms with van der Waals surface area (Å²) in [5, 5.41) is 9.22. The first-order chi connectivity index (χ1) is 4.63. The number of nitrogens with zero attached hydrogens (tertiary/aromatic N) is 1. The third-order valence-corrected chi connectivity index (χ3v) is 2.12. The van der Waals surface area contributed by atoms with Gasteiger partial charge in [-0.05, 0) is 13.3 Å². The molecular weight excluding hydrogens is 130 g/mol. The van der Waals surface area contributed by atoms with Crippen LogP contribution >= 0.6 is 0 Å². The Bertz CT molecular complexity index is 147. The molecule has 1 rings (SSSR count). The van der Waals surface area contributed by atoms with E-state index in [4.69, 9.17) is 0 Å². The van der Waals surface area contributed by atoms with Crippen molar-refractivity contribution in [3.05, 3.63) is 0 Å². The van der Waals surface area contributed by atoms with E-state index in [1.54, 1.807) is 4.90 Å². The van der Waals surface area contributed by atoms with Gasteiger partial charge in [0.1, 0.15) is 0 Å². The minimum absolute atomic E-state index is 0.0116. The molecule has 0 aromatic heterocycles. The quantitative estimate of drug-likeness (QED) is 0.518. The van der Waals surface area contributed by atoms with Gasteiger partial charge in [0.2, 0.25) is 5.91 Å². The van der Waals surface area contributed by atoms with E-state index < -0.39 is 0 Å². The minimum Gasteiger partial charge on any atom is -0.391 e. The Morgan fingerprint density at radius 3 is 2.50 bits per heavy atom. The van der Waals surface area contributed by atoms with E-state index in [1.165, 1.54) is 6.92 Å². The predicted molar refractivity (Wildman–Crippen MR) is 37.5 cm³/mol. The molecule has 0 radical (unpaired) electrons. The fourth-order valence-corrected chi connectivity index (χ4v) is 1.37. The van der Waals surface area contributed by atoms with Crippen LogP contribution in [0, 0.1) is 0 Å². The third kappa shape index (κ3) is 1.14. The van der Waals surface area contributed by atoms with Gasteiger partial charge in [0.05, 0.1) is 12.1 Å². The van der Waals surface area contributed by atoms with Crippen molar-refractivity contribution >= 4 is 5.91 Å². The monoisotopic (exact) mass is 143 g/mol. The van der Waals surface area contributed by atoms with Crippen LogP contribution in [0.1, 0.15) is 20.3 Å². The van der Waals surface area contributed by atoms with E-state index >= 15 is 0 Å². The van der Waals surface area contributed by atoms with Crippen LogP contribution in [0.15, 0.2) is 0 Å². The van der Waals surface area contributed by atoms with E-state index in [2.05, 4.69) is 0 Å². The zero-order chi connectivity index (χ0) is 7.72. The van der Waals surface area contributed by atoms with Gasteiger partial charge in [-0.1, -0.05) is 0 Å². The van der Waals surface area contributed by atoms with Gasteiger partial charge in [-0.2, -0.15) is 0 Å². The average molecular weight is 143 g/mol. The van der Waals surface area contributed by atoms with E-state index in [0.29, 0.717) is 6.54 Å². The number of aliphatic hydroxyl groups is 1. The predicted octanol–water partition coefficient (Wildman–Crippen LogP) is -0.0120. The zero-order valence-electron chi connectivity index (χ0n) is 6.37. The first-order valence-corrected chi connectivity index (χ1v) is 3.58. The number of likely N-dealkylation sites (tertiary alicyclic amines) is 1. The van der Waals surface area contributed by atoms with Crippen LogP contribution in [0.3, 0.4) is 0 Å². The lowest BCUT2D eigenvalue weighted by Crippen LogP contribution is -2.35. The molecule has 58 valence electrons. The standard InChI is InChI=1S/C7H13NO2/c1-5-7(10)3-4-8(5)6(2)9/h5,7,10H,3-4H2,1-2H3. The highest BCUT2D eigenvalue weighted by Crippen LogP contribution is 2.16. The molecule has 10 heavy (non-hydrogen) atoms. The Hall–Kier alpha value is -0.570. The van der Waals surface area contributed by atoms with Crippen molar-refractivity contribution < 1.29 is 9.90 Å². The molecule has 0 saturated carbocycles. The van der Waals surface area contributed by atoms with Crippen LogP contribution in [-0.2, 0) is 4.79 Å². The fourth-order valence-electron chi connectivity index (χ4n) is 1.37. The molecule has 1 aliphatic heterocycles. The van der Waals surface area contributed by atoms with Crippen LogP contribution in [0.2, 0.25) is 0 Å². The molecule has 0 spiro atoms. The van der Waals surface area contributed by atoms with Crippen molar-refractivity contribution in [3.63, 3.8) is 0 Å². The van der Waals surface area contributed by atoms with Crippen molar-refractivity contribution in [2.45, 2.75) is 32.4 Å². The first kappa shape index (κ1) is 7.54. The Morgan fingerprint density at radius 2 is 2.30 bits per heavy atom. The number of carbonyl (C=O) groups is 1. The van der Waals surface area contributed by atoms with Gasteiger partial charge in [0.25, 0.3) is 0 Å². The summed E-state index contributed by atoms with van der Waals surface area (Å²) in [4.78, 5) is 12.5. The van der Waals surface area contributed by atoms with Crippen molar-refractivity contribution in [1.82, 2.24) is 4.90 Å². The van der Waals surface area contributed by atoms with Gasteiger partial charge in [-0.25, -0.2) is 0 Å². The second-order valence-electron chi connectivity index (χ2n) is 2.81. The molecule has 0 aromatic rings. The van der Waals surface area contributed by atoms with E-state index in [1.807, 2.05) is 6.92 Å². The number of hydrogen-bond acceptors (Lipinski definition) is 2. The van der Waals surface area contributed by atoms with Gasteiger partial charge in [-0.3, -0.25) is 4.79 Å². The molecule has 1 heterocycles. The molecule has 3 nitrogen and oxygen atoms in total. The Kier molecular flexibility index (Phi) is 1.94. The molecular formula is C7H13NO2. The molecule has 0 bridgehead atoms. The van der Waals surface area contributed by atoms with Gasteiger partial charge >= 0.3 is 0 Å². The van der Waals surface area contributed by atoms with E-state index in [-0.39, 0.29) is 18.1 Å². The topological polar surface area (TPSA) is 40.5 Å². The summed E-state index contributed by atoms with van der Waals surface area (Å²) >= 11 is 0. The highest BCUT2D eigenvalue weighted by atomic mass is 16.3. The molecule has 2 unspecified atom stereocenters. The molecule has 1 amide bonds. The Balaban J connectivity index is 2.57. The molecule has 3 heteroatoms. The molecule has 2 atom stereocenters. The van der Waals surface area contributed by atoms with Crippen LogP contribution < -0.4 is 0 Å². The van der Waals surface area contributed by atoms with Crippen LogP contribution in [0.5, 0.6) is 0 Å². The number of carbonyl (C=O) groups excluding carboxylic acids is 1. The SMILES string of the molecule is CC(=O)N1CCC(O)C1C. The Labute approximate surface area is 60.6 Å². The maximum absolute atomic E-state index is 10.8. The normalized spacial score (nSPS) is 32.9. The number of amides is 1. The molecule has 1 saturated heterocycles. The highest BCUT2D eigenvalue weighted by molar-refractivity contribution is 5.73. The van der Waals surface area contributed by atoms with Gasteiger partial charge < -0.3 is 10.0 Å². The smallest absolute Gasteiger partial charge is 0.219 e. The minimum atomic E-state index is -0.316. The second-order valence-corrected chi connectivity index (χ2v) is 2.81. The fraction of sp³-hybridized carbons (Fsp3) is 0.857. The lowest BCUT2D eigenvalue weighted by atomic mass is 10.2. The number of aliphatic hydroxyl groups excluding tert-OH is 1. The van der Waals surface area contributed by atoms with E-state index in [0.717, 1.165) is 6.42 Å². The summed E-state index contributed by atoms with van der Waals surface area (Å²) in [6, 6.07) is 0.0116. The third-order valence-electron chi connectivity index (χ3n) is 2.12. The summed E-state index contributed by atoms with van der Waals surface area (Å²) < 4.78 is 0. The summed E-state index contributed by atoms with van der Waals surface area (Å²) in [6.45, 7) is 4.12. The molecule has 1 aliphatic rings. The lowest BCUT2D eigenvalue weighted by Gasteiger charge is -2.20. The summed E-state index contributed by atoms with van der Waals surface area (Å²) in [6.07, 6.45) is 0.407. The van der Waals surface area contributed by atoms with Gasteiger partial charge in [-0.15, -0.1) is 0 Å². The highest BCUT2D eigenvalue weighted by Gasteiger charge is 2.30. The van der Waals surface area contributed by atoms with Crippen LogP contribution in [0.4, 0.5) is 0 Å². The molecule has 0 aliphatic carbocycles. The second kappa shape index (κ2) is 2.58. The molecule has 0 aromatic carbocycles. The van der Waals surface area contributed by atoms with Gasteiger partial charge in [0, 0.05) is 13.5 Å². The summed E-state index contributed by atoms with van der Waals surface area (Å²) in [5.74, 6) is 0.0593. The van der Waals surface area contributed by atoms with Crippen molar-refractivity contribution in [2.24, 2.45) is 0 Å². The van der Waals surface area contributed by atoms with Crippen LogP contribution in [-0.4, -0.2) is 34.6 Å². The van der Waals surface area contributed by atoms with Crippen LogP contribution in [0.25, 0.3) is 0 Å². The first-order valence-electron chi connectivity index (χ1n) is 3.58. The lowest BCUT2D eigenvalue weighted by molar-refractivity contribution is -0.130. The largest absolute Gasteiger partial charge is 0.391 e. The molecule has 1 fully saturated rings. The van der Waals surface area contributed by atoms with E-state index in [9.17, 15) is 9.90 Å². The van der Waals surface area contributed by atoms with Gasteiger partial charge in [0.15, 0.2) is 0 Å². The maximum atomic E-state index is 10.8. The summed E-state index contributed by atoms with van der Waals surface area (Å²) in [5.41, 5.74) is 0. The van der Waals surface area contributed by atoms with Crippen molar-refractivity contribution in [3.8, 4) is 0 Å². The molecule has 1 N–H and O–H groups in total. The Morgan fingerprint density at radius 1 is 1.70 bits per heavy atom. The van der Waals surface area contributed by atoms with Crippen molar-refractivity contribution in [1.29, 1.82) is 0 Å². The van der Waals surface area contributed by atoms with Crippen molar-refractivity contribution in [2.75, 3.05) is 6.54 Å². The average Bonchev–Trinajstić information content (AvgIpc) is 2.14. The number of rotatable bonds is 0.